The summed E-state index contributed by atoms with van der Waals surface area (Å²) in [6.07, 6.45) is 3.75. The second kappa shape index (κ2) is 6.71. The minimum atomic E-state index is -0.640. The fourth-order valence-corrected chi connectivity index (χ4v) is 2.57. The molecular weight excluding hydrogens is 349 g/mol. The molecule has 0 spiro atoms. The number of halogens is 1. The van der Waals surface area contributed by atoms with Crippen molar-refractivity contribution in [1.82, 2.24) is 19.6 Å². The zero-order valence-electron chi connectivity index (χ0n) is 13.9. The van der Waals surface area contributed by atoms with Crippen LogP contribution in [-0.4, -0.2) is 25.5 Å². The first-order valence-electron chi connectivity index (χ1n) is 7.99. The Hall–Kier alpha value is -4.01. The number of amides is 1. The van der Waals surface area contributed by atoms with Crippen LogP contribution in [0.5, 0.6) is 0 Å². The summed E-state index contributed by atoms with van der Waals surface area (Å²) in [5.41, 5.74) is 7.84. The van der Waals surface area contributed by atoms with E-state index in [-0.39, 0.29) is 17.2 Å². The predicted molar refractivity (Wildman–Crippen MR) is 99.3 cm³/mol. The third-order valence-electron chi connectivity index (χ3n) is 3.79. The summed E-state index contributed by atoms with van der Waals surface area (Å²) < 4.78 is 15.0. The number of hydrogen-bond acceptors (Lipinski definition) is 6. The number of carbonyl (C=O) groups is 1. The van der Waals surface area contributed by atoms with E-state index in [1.807, 2.05) is 30.3 Å². The standard InChI is InChI=1S/C18H14FN7O/c19-12-9-21-7-6-13(12)24-18(27)15-10-22-17-14(8-16(20)25-26(15)17)23-11-4-2-1-3-5-11/h1-10,23H,(H2,20,25)(H,21,24,27). The van der Waals surface area contributed by atoms with Crippen molar-refractivity contribution < 1.29 is 9.18 Å². The van der Waals surface area contributed by atoms with Crippen LogP contribution >= 0.6 is 0 Å². The number of rotatable bonds is 4. The van der Waals surface area contributed by atoms with E-state index in [4.69, 9.17) is 5.73 Å². The molecule has 0 saturated carbocycles. The van der Waals surface area contributed by atoms with E-state index in [1.54, 1.807) is 6.07 Å². The molecule has 0 aliphatic heterocycles. The number of benzene rings is 1. The van der Waals surface area contributed by atoms with Gasteiger partial charge in [0.05, 0.1) is 23.8 Å². The van der Waals surface area contributed by atoms with E-state index >= 15 is 0 Å². The summed E-state index contributed by atoms with van der Waals surface area (Å²) in [6.45, 7) is 0. The molecule has 8 nitrogen and oxygen atoms in total. The van der Waals surface area contributed by atoms with Gasteiger partial charge in [-0.2, -0.15) is 0 Å². The Balaban J connectivity index is 1.71. The molecule has 4 N–H and O–H groups in total. The quantitative estimate of drug-likeness (QED) is 0.514. The maximum absolute atomic E-state index is 13.7. The Bertz CT molecular complexity index is 1130. The second-order valence-electron chi connectivity index (χ2n) is 5.66. The van der Waals surface area contributed by atoms with Crippen LogP contribution in [-0.2, 0) is 0 Å². The molecule has 4 rings (SSSR count). The Morgan fingerprint density at radius 2 is 1.93 bits per heavy atom. The molecule has 3 aromatic heterocycles. The molecule has 0 fully saturated rings. The van der Waals surface area contributed by atoms with Crippen LogP contribution in [0.25, 0.3) is 5.65 Å². The first-order chi connectivity index (χ1) is 13.1. The molecule has 1 amide bonds. The third kappa shape index (κ3) is 3.25. The number of nitrogens with two attached hydrogens (primary N) is 1. The van der Waals surface area contributed by atoms with E-state index in [0.29, 0.717) is 11.3 Å². The maximum atomic E-state index is 13.7. The van der Waals surface area contributed by atoms with Gasteiger partial charge < -0.3 is 16.4 Å². The van der Waals surface area contributed by atoms with Gasteiger partial charge in [0.1, 0.15) is 5.82 Å². The lowest BCUT2D eigenvalue weighted by Gasteiger charge is -2.09. The van der Waals surface area contributed by atoms with Crippen LogP contribution < -0.4 is 16.4 Å². The smallest absolute Gasteiger partial charge is 0.276 e. The predicted octanol–water partition coefficient (Wildman–Crippen LogP) is 2.84. The SMILES string of the molecule is Nc1cc(Nc2ccccc2)c2ncc(C(=O)Nc3ccncc3F)n2n1. The third-order valence-corrected chi connectivity index (χ3v) is 3.79. The number of nitrogens with one attached hydrogen (secondary N) is 2. The summed E-state index contributed by atoms with van der Waals surface area (Å²) in [5, 5.41) is 9.82. The highest BCUT2D eigenvalue weighted by molar-refractivity contribution is 6.03. The van der Waals surface area contributed by atoms with Crippen molar-refractivity contribution in [1.29, 1.82) is 0 Å². The zero-order valence-corrected chi connectivity index (χ0v) is 13.9. The van der Waals surface area contributed by atoms with Crippen molar-refractivity contribution in [3.8, 4) is 0 Å². The van der Waals surface area contributed by atoms with Crippen molar-refractivity contribution in [3.05, 3.63) is 72.6 Å². The Morgan fingerprint density at radius 1 is 1.11 bits per heavy atom. The van der Waals surface area contributed by atoms with Gasteiger partial charge >= 0.3 is 0 Å². The molecule has 0 aliphatic rings. The summed E-state index contributed by atoms with van der Waals surface area (Å²) in [6, 6.07) is 12.4. The number of hydrogen-bond donors (Lipinski definition) is 3. The van der Waals surface area contributed by atoms with Crippen molar-refractivity contribution in [2.75, 3.05) is 16.4 Å². The van der Waals surface area contributed by atoms with Crippen LogP contribution in [0.2, 0.25) is 0 Å². The highest BCUT2D eigenvalue weighted by atomic mass is 19.1. The lowest BCUT2D eigenvalue weighted by molar-refractivity contribution is 0.102. The van der Waals surface area contributed by atoms with Gasteiger partial charge in [-0.1, -0.05) is 18.2 Å². The van der Waals surface area contributed by atoms with Crippen LogP contribution in [0.15, 0.2) is 61.1 Å². The van der Waals surface area contributed by atoms with Crippen molar-refractivity contribution in [2.24, 2.45) is 0 Å². The van der Waals surface area contributed by atoms with Crippen LogP contribution in [0.1, 0.15) is 10.5 Å². The molecule has 1 aromatic carbocycles. The average Bonchev–Trinajstić information content (AvgIpc) is 3.08. The minimum Gasteiger partial charge on any atom is -0.382 e. The highest BCUT2D eigenvalue weighted by Crippen LogP contribution is 2.23. The van der Waals surface area contributed by atoms with Crippen molar-refractivity contribution in [2.45, 2.75) is 0 Å². The highest BCUT2D eigenvalue weighted by Gasteiger charge is 2.18. The lowest BCUT2D eigenvalue weighted by atomic mass is 10.3. The number of imidazole rings is 1. The monoisotopic (exact) mass is 363 g/mol. The Kier molecular flexibility index (Phi) is 4.09. The first kappa shape index (κ1) is 16.5. The molecule has 3 heterocycles. The van der Waals surface area contributed by atoms with Crippen LogP contribution in [0, 0.1) is 5.82 Å². The van der Waals surface area contributed by atoms with E-state index in [2.05, 4.69) is 25.7 Å². The Labute approximate surface area is 152 Å². The summed E-state index contributed by atoms with van der Waals surface area (Å²) >= 11 is 0. The molecule has 0 unspecified atom stereocenters. The number of para-hydroxylation sites is 1. The lowest BCUT2D eigenvalue weighted by Crippen LogP contribution is -2.17. The van der Waals surface area contributed by atoms with E-state index in [9.17, 15) is 9.18 Å². The summed E-state index contributed by atoms with van der Waals surface area (Å²) in [7, 11) is 0. The topological polar surface area (TPSA) is 110 Å². The van der Waals surface area contributed by atoms with E-state index in [1.165, 1.54) is 23.0 Å². The van der Waals surface area contributed by atoms with E-state index in [0.717, 1.165) is 11.9 Å². The Morgan fingerprint density at radius 3 is 2.70 bits per heavy atom. The molecular formula is C18H14FN7O. The second-order valence-corrected chi connectivity index (χ2v) is 5.66. The van der Waals surface area contributed by atoms with Crippen LogP contribution in [0.4, 0.5) is 27.3 Å². The first-order valence-corrected chi connectivity index (χ1v) is 7.99. The number of anilines is 4. The zero-order chi connectivity index (χ0) is 18.8. The van der Waals surface area contributed by atoms with Gasteiger partial charge in [-0.05, 0) is 18.2 Å². The molecule has 27 heavy (non-hydrogen) atoms. The number of carbonyl (C=O) groups excluding carboxylic acids is 1. The minimum absolute atomic E-state index is 0.0106. The summed E-state index contributed by atoms with van der Waals surface area (Å²) in [5.74, 6) is -1.02. The van der Waals surface area contributed by atoms with Gasteiger partial charge in [0.2, 0.25) is 0 Å². The number of aromatic nitrogens is 4. The molecule has 4 aromatic rings. The maximum Gasteiger partial charge on any atom is 0.276 e. The largest absolute Gasteiger partial charge is 0.382 e. The van der Waals surface area contributed by atoms with Gasteiger partial charge in [-0.15, -0.1) is 5.10 Å². The number of nitrogens with zero attached hydrogens (tertiary/aromatic N) is 4. The molecule has 0 radical (unpaired) electrons. The van der Waals surface area contributed by atoms with Crippen LogP contribution in [0.3, 0.4) is 0 Å². The van der Waals surface area contributed by atoms with Gasteiger partial charge in [-0.25, -0.2) is 13.9 Å². The van der Waals surface area contributed by atoms with Crippen molar-refractivity contribution >= 4 is 34.4 Å². The van der Waals surface area contributed by atoms with E-state index < -0.39 is 11.7 Å². The molecule has 134 valence electrons. The number of pyridine rings is 1. The molecule has 0 aliphatic carbocycles. The van der Waals surface area contributed by atoms with Gasteiger partial charge in [-0.3, -0.25) is 9.78 Å². The molecule has 0 atom stereocenters. The van der Waals surface area contributed by atoms with Crippen molar-refractivity contribution in [3.63, 3.8) is 0 Å². The molecule has 0 saturated heterocycles. The molecule has 9 heteroatoms. The van der Waals surface area contributed by atoms with Gasteiger partial charge in [0.15, 0.2) is 17.2 Å². The number of nitrogen functional groups attached to an aromatic ring is 1. The molecule has 0 bridgehead atoms. The normalized spacial score (nSPS) is 10.7. The van der Waals surface area contributed by atoms with Gasteiger partial charge in [0, 0.05) is 18.0 Å². The fraction of sp³-hybridized carbons (Fsp3) is 0. The van der Waals surface area contributed by atoms with Gasteiger partial charge in [0.25, 0.3) is 5.91 Å². The number of fused-ring (bicyclic) bond motifs is 1. The fourth-order valence-electron chi connectivity index (χ4n) is 2.57. The summed E-state index contributed by atoms with van der Waals surface area (Å²) in [4.78, 5) is 20.5. The average molecular weight is 363 g/mol.